The van der Waals surface area contributed by atoms with E-state index in [9.17, 15) is 4.79 Å². The molecule has 0 aromatic heterocycles. The van der Waals surface area contributed by atoms with Crippen molar-refractivity contribution in [1.82, 2.24) is 5.32 Å². The fourth-order valence-electron chi connectivity index (χ4n) is 0.657. The standard InChI is InChI=1S/C9H15BrN2O/c1-6(2)9(4,5-11)12-8(13)7(3)10/h6-7H,1-4H3,(H,12,13). The van der Waals surface area contributed by atoms with Crippen molar-refractivity contribution in [2.45, 2.75) is 38.1 Å². The largest absolute Gasteiger partial charge is 0.337 e. The Balaban J connectivity index is 4.48. The summed E-state index contributed by atoms with van der Waals surface area (Å²) in [6.07, 6.45) is 0. The SMILES string of the molecule is CC(Br)C(=O)NC(C)(C#N)C(C)C. The van der Waals surface area contributed by atoms with Gasteiger partial charge in [-0.1, -0.05) is 29.8 Å². The van der Waals surface area contributed by atoms with Crippen LogP contribution in [0.15, 0.2) is 0 Å². The molecule has 0 radical (unpaired) electrons. The molecule has 1 N–H and O–H groups in total. The average molecular weight is 247 g/mol. The van der Waals surface area contributed by atoms with E-state index in [1.165, 1.54) is 0 Å². The molecule has 0 fully saturated rings. The molecule has 2 atom stereocenters. The molecule has 2 unspecified atom stereocenters. The van der Waals surface area contributed by atoms with Crippen molar-refractivity contribution in [2.24, 2.45) is 5.92 Å². The number of carbonyl (C=O) groups excluding carboxylic acids is 1. The monoisotopic (exact) mass is 246 g/mol. The van der Waals surface area contributed by atoms with Gasteiger partial charge in [-0.2, -0.15) is 5.26 Å². The molecule has 1 amide bonds. The molecule has 0 saturated heterocycles. The average Bonchev–Trinajstić information content (AvgIpc) is 2.03. The second kappa shape index (κ2) is 4.61. The van der Waals surface area contributed by atoms with Crippen LogP contribution in [0.2, 0.25) is 0 Å². The van der Waals surface area contributed by atoms with Crippen LogP contribution in [0.25, 0.3) is 0 Å². The Kier molecular flexibility index (Phi) is 4.41. The predicted molar refractivity (Wildman–Crippen MR) is 55.4 cm³/mol. The quantitative estimate of drug-likeness (QED) is 0.773. The van der Waals surface area contributed by atoms with E-state index in [1.54, 1.807) is 13.8 Å². The normalized spacial score (nSPS) is 17.3. The maximum atomic E-state index is 11.3. The van der Waals surface area contributed by atoms with Gasteiger partial charge >= 0.3 is 0 Å². The Labute approximate surface area is 87.6 Å². The number of hydrogen-bond donors (Lipinski definition) is 1. The summed E-state index contributed by atoms with van der Waals surface area (Å²) in [6.45, 7) is 7.27. The van der Waals surface area contributed by atoms with Gasteiger partial charge < -0.3 is 5.32 Å². The van der Waals surface area contributed by atoms with Crippen molar-refractivity contribution in [3.63, 3.8) is 0 Å². The Morgan fingerprint density at radius 1 is 1.54 bits per heavy atom. The number of nitrogens with one attached hydrogen (secondary N) is 1. The molecule has 13 heavy (non-hydrogen) atoms. The highest BCUT2D eigenvalue weighted by atomic mass is 79.9. The Hall–Kier alpha value is -0.560. The van der Waals surface area contributed by atoms with Crippen LogP contribution in [-0.2, 0) is 4.79 Å². The lowest BCUT2D eigenvalue weighted by atomic mass is 9.90. The minimum atomic E-state index is -0.779. The number of hydrogen-bond acceptors (Lipinski definition) is 2. The lowest BCUT2D eigenvalue weighted by Crippen LogP contribution is -2.50. The molecule has 0 aliphatic rings. The first-order chi connectivity index (χ1) is 5.83. The second-order valence-electron chi connectivity index (χ2n) is 3.57. The van der Waals surface area contributed by atoms with Gasteiger partial charge in [0.05, 0.1) is 10.9 Å². The van der Waals surface area contributed by atoms with Crippen molar-refractivity contribution in [1.29, 1.82) is 5.26 Å². The molecular formula is C9H15BrN2O. The molecule has 0 aliphatic heterocycles. The molecule has 0 bridgehead atoms. The number of nitrogens with zero attached hydrogens (tertiary/aromatic N) is 1. The van der Waals surface area contributed by atoms with Crippen molar-refractivity contribution in [2.75, 3.05) is 0 Å². The third-order valence-electron chi connectivity index (χ3n) is 2.13. The summed E-state index contributed by atoms with van der Waals surface area (Å²) in [6, 6.07) is 2.11. The molecule has 0 spiro atoms. The van der Waals surface area contributed by atoms with Crippen LogP contribution in [0.4, 0.5) is 0 Å². The van der Waals surface area contributed by atoms with Crippen LogP contribution >= 0.6 is 15.9 Å². The number of halogens is 1. The second-order valence-corrected chi connectivity index (χ2v) is 4.95. The maximum absolute atomic E-state index is 11.3. The molecule has 0 aliphatic carbocycles. The van der Waals surface area contributed by atoms with Gasteiger partial charge in [-0.15, -0.1) is 0 Å². The first kappa shape index (κ1) is 12.4. The number of amides is 1. The van der Waals surface area contributed by atoms with Gasteiger partial charge in [0, 0.05) is 0 Å². The third kappa shape index (κ3) is 3.35. The number of alkyl halides is 1. The summed E-state index contributed by atoms with van der Waals surface area (Å²) in [7, 11) is 0. The van der Waals surface area contributed by atoms with Gasteiger partial charge in [-0.05, 0) is 19.8 Å². The summed E-state index contributed by atoms with van der Waals surface area (Å²) < 4.78 is 0. The molecule has 0 heterocycles. The van der Waals surface area contributed by atoms with Gasteiger partial charge in [-0.3, -0.25) is 4.79 Å². The fourth-order valence-corrected chi connectivity index (χ4v) is 0.771. The maximum Gasteiger partial charge on any atom is 0.234 e. The Bertz CT molecular complexity index is 232. The van der Waals surface area contributed by atoms with E-state index < -0.39 is 5.54 Å². The Morgan fingerprint density at radius 3 is 2.23 bits per heavy atom. The molecular weight excluding hydrogens is 232 g/mol. The van der Waals surface area contributed by atoms with E-state index in [1.807, 2.05) is 13.8 Å². The summed E-state index contributed by atoms with van der Waals surface area (Å²) in [4.78, 5) is 11.0. The molecule has 0 aromatic carbocycles. The van der Waals surface area contributed by atoms with Crippen LogP contribution in [0, 0.1) is 17.2 Å². The van der Waals surface area contributed by atoms with Crippen molar-refractivity contribution in [3.8, 4) is 6.07 Å². The van der Waals surface area contributed by atoms with E-state index in [0.29, 0.717) is 0 Å². The van der Waals surface area contributed by atoms with E-state index in [2.05, 4.69) is 27.3 Å². The molecule has 0 rings (SSSR count). The van der Waals surface area contributed by atoms with Crippen LogP contribution in [0.3, 0.4) is 0 Å². The van der Waals surface area contributed by atoms with Crippen molar-refractivity contribution < 1.29 is 4.79 Å². The molecule has 74 valence electrons. The highest BCUT2D eigenvalue weighted by Crippen LogP contribution is 2.15. The van der Waals surface area contributed by atoms with Gasteiger partial charge in [0.15, 0.2) is 0 Å². The van der Waals surface area contributed by atoms with Gasteiger partial charge in [0.25, 0.3) is 0 Å². The third-order valence-corrected chi connectivity index (χ3v) is 2.55. The van der Waals surface area contributed by atoms with Gasteiger partial charge in [0.2, 0.25) is 5.91 Å². The van der Waals surface area contributed by atoms with Gasteiger partial charge in [-0.25, -0.2) is 0 Å². The zero-order valence-corrected chi connectivity index (χ0v) is 9.97. The highest BCUT2D eigenvalue weighted by Gasteiger charge is 2.30. The lowest BCUT2D eigenvalue weighted by molar-refractivity contribution is -0.121. The van der Waals surface area contributed by atoms with Crippen molar-refractivity contribution >= 4 is 21.8 Å². The lowest BCUT2D eigenvalue weighted by Gasteiger charge is -2.27. The first-order valence-electron chi connectivity index (χ1n) is 4.21. The van der Waals surface area contributed by atoms with E-state index in [4.69, 9.17) is 5.26 Å². The summed E-state index contributed by atoms with van der Waals surface area (Å²) in [5.41, 5.74) is -0.779. The van der Waals surface area contributed by atoms with Gasteiger partial charge in [0.1, 0.15) is 5.54 Å². The highest BCUT2D eigenvalue weighted by molar-refractivity contribution is 9.10. The minimum Gasteiger partial charge on any atom is -0.337 e. The number of carbonyl (C=O) groups is 1. The van der Waals surface area contributed by atoms with Crippen LogP contribution in [-0.4, -0.2) is 16.3 Å². The Morgan fingerprint density at radius 2 is 2.00 bits per heavy atom. The summed E-state index contributed by atoms with van der Waals surface area (Å²) in [5, 5.41) is 11.6. The van der Waals surface area contributed by atoms with Crippen LogP contribution < -0.4 is 5.32 Å². The van der Waals surface area contributed by atoms with Crippen molar-refractivity contribution in [3.05, 3.63) is 0 Å². The topological polar surface area (TPSA) is 52.9 Å². The molecule has 0 saturated carbocycles. The zero-order valence-electron chi connectivity index (χ0n) is 8.39. The minimum absolute atomic E-state index is 0.0905. The predicted octanol–water partition coefficient (Wildman–Crippen LogP) is 1.82. The first-order valence-corrected chi connectivity index (χ1v) is 5.12. The number of nitriles is 1. The smallest absolute Gasteiger partial charge is 0.234 e. The van der Waals surface area contributed by atoms with E-state index >= 15 is 0 Å². The fraction of sp³-hybridized carbons (Fsp3) is 0.778. The molecule has 4 heteroatoms. The summed E-state index contributed by atoms with van der Waals surface area (Å²) >= 11 is 3.15. The van der Waals surface area contributed by atoms with E-state index in [0.717, 1.165) is 0 Å². The van der Waals surface area contributed by atoms with Crippen LogP contribution in [0.1, 0.15) is 27.7 Å². The van der Waals surface area contributed by atoms with Crippen LogP contribution in [0.5, 0.6) is 0 Å². The summed E-state index contributed by atoms with van der Waals surface area (Å²) in [5.74, 6) is -0.0644. The molecule has 3 nitrogen and oxygen atoms in total. The molecule has 0 aromatic rings. The number of rotatable bonds is 3. The van der Waals surface area contributed by atoms with E-state index in [-0.39, 0.29) is 16.7 Å². The zero-order chi connectivity index (χ0) is 10.6.